The Bertz CT molecular complexity index is 272. The van der Waals surface area contributed by atoms with Crippen LogP contribution in [0.15, 0.2) is 0 Å². The zero-order valence-electron chi connectivity index (χ0n) is 8.67. The summed E-state index contributed by atoms with van der Waals surface area (Å²) in [6.07, 6.45) is 2.95. The average molecular weight is 213 g/mol. The molecule has 0 aliphatic heterocycles. The molecule has 2 saturated carbocycles. The number of nitrogens with one attached hydrogen (secondary N) is 1. The quantitative estimate of drug-likeness (QED) is 0.752. The van der Waals surface area contributed by atoms with Crippen LogP contribution in [0, 0.1) is 5.92 Å². The summed E-state index contributed by atoms with van der Waals surface area (Å²) in [5.41, 5.74) is 0. The van der Waals surface area contributed by atoms with Crippen LogP contribution in [0.2, 0.25) is 0 Å². The Hall–Kier alpha value is -0.930. The van der Waals surface area contributed by atoms with Gasteiger partial charge in [0.25, 0.3) is 0 Å². The fourth-order valence-corrected chi connectivity index (χ4v) is 2.22. The van der Waals surface area contributed by atoms with Gasteiger partial charge in [0.2, 0.25) is 5.91 Å². The van der Waals surface area contributed by atoms with E-state index in [9.17, 15) is 14.0 Å². The minimum Gasteiger partial charge on any atom is -0.350 e. The molecule has 84 valence electrons. The fraction of sp³-hybridized carbons (Fsp3) is 0.818. The summed E-state index contributed by atoms with van der Waals surface area (Å²) >= 11 is 0. The van der Waals surface area contributed by atoms with Gasteiger partial charge in [-0.15, -0.1) is 0 Å². The number of carbonyl (C=O) groups excluding carboxylic acids is 2. The standard InChI is InChI=1S/C11H16FNO2/c12-9-3-1-2-4-10(9)13-11(15)7-5-8(14)6-7/h7,9-10H,1-6H2,(H,13,15)/t9-,10-/m1/s1. The molecule has 2 atom stereocenters. The number of hydrogen-bond acceptors (Lipinski definition) is 2. The van der Waals surface area contributed by atoms with E-state index in [1.54, 1.807) is 0 Å². The van der Waals surface area contributed by atoms with Crippen molar-refractivity contribution in [3.63, 3.8) is 0 Å². The van der Waals surface area contributed by atoms with Crippen molar-refractivity contribution < 1.29 is 14.0 Å². The van der Waals surface area contributed by atoms with Crippen molar-refractivity contribution in [1.82, 2.24) is 5.32 Å². The molecule has 0 unspecified atom stereocenters. The summed E-state index contributed by atoms with van der Waals surface area (Å²) < 4.78 is 13.4. The van der Waals surface area contributed by atoms with Gasteiger partial charge in [-0.25, -0.2) is 4.39 Å². The zero-order valence-corrected chi connectivity index (χ0v) is 8.67. The summed E-state index contributed by atoms with van der Waals surface area (Å²) in [6, 6.07) is -0.318. The third-order valence-corrected chi connectivity index (χ3v) is 3.33. The Morgan fingerprint density at radius 1 is 1.27 bits per heavy atom. The second-order valence-electron chi connectivity index (χ2n) is 4.56. The number of Topliss-reactive ketones (excluding diaryl/α,β-unsaturated/α-hetero) is 1. The van der Waals surface area contributed by atoms with Crippen molar-refractivity contribution in [3.05, 3.63) is 0 Å². The fourth-order valence-electron chi connectivity index (χ4n) is 2.22. The molecule has 1 N–H and O–H groups in total. The van der Waals surface area contributed by atoms with Crippen LogP contribution < -0.4 is 5.32 Å². The van der Waals surface area contributed by atoms with Gasteiger partial charge in [-0.2, -0.15) is 0 Å². The maximum Gasteiger partial charge on any atom is 0.224 e. The van der Waals surface area contributed by atoms with Crippen molar-refractivity contribution in [2.75, 3.05) is 0 Å². The molecule has 0 aromatic heterocycles. The van der Waals surface area contributed by atoms with E-state index in [-0.39, 0.29) is 23.7 Å². The summed E-state index contributed by atoms with van der Waals surface area (Å²) in [7, 11) is 0. The number of amides is 1. The number of hydrogen-bond donors (Lipinski definition) is 1. The Balaban J connectivity index is 1.80. The Morgan fingerprint density at radius 2 is 1.93 bits per heavy atom. The Kier molecular flexibility index (Phi) is 3.03. The predicted molar refractivity (Wildman–Crippen MR) is 53.0 cm³/mol. The summed E-state index contributed by atoms with van der Waals surface area (Å²) in [5, 5.41) is 2.72. The van der Waals surface area contributed by atoms with Crippen LogP contribution in [-0.4, -0.2) is 23.9 Å². The van der Waals surface area contributed by atoms with Gasteiger partial charge < -0.3 is 5.32 Å². The molecule has 4 heteroatoms. The highest BCUT2D eigenvalue weighted by atomic mass is 19.1. The molecular formula is C11H16FNO2. The topological polar surface area (TPSA) is 46.2 Å². The van der Waals surface area contributed by atoms with Crippen LogP contribution in [0.1, 0.15) is 38.5 Å². The minimum atomic E-state index is -0.904. The SMILES string of the molecule is O=C1CC(C(=O)N[C@@H]2CCCC[C@H]2F)C1. The largest absolute Gasteiger partial charge is 0.350 e. The van der Waals surface area contributed by atoms with Crippen molar-refractivity contribution >= 4 is 11.7 Å². The van der Waals surface area contributed by atoms with Gasteiger partial charge in [0.15, 0.2) is 0 Å². The molecule has 0 radical (unpaired) electrons. The number of halogens is 1. The van der Waals surface area contributed by atoms with Gasteiger partial charge in [0.1, 0.15) is 12.0 Å². The molecule has 15 heavy (non-hydrogen) atoms. The first-order valence-corrected chi connectivity index (χ1v) is 5.63. The lowest BCUT2D eigenvalue weighted by Gasteiger charge is -2.30. The molecular weight excluding hydrogens is 197 g/mol. The van der Waals surface area contributed by atoms with Crippen LogP contribution in [-0.2, 0) is 9.59 Å². The predicted octanol–water partition coefficient (Wildman–Crippen LogP) is 1.36. The van der Waals surface area contributed by atoms with E-state index in [1.807, 2.05) is 0 Å². The molecule has 0 saturated heterocycles. The normalized spacial score (nSPS) is 32.2. The molecule has 0 aromatic carbocycles. The van der Waals surface area contributed by atoms with E-state index in [0.717, 1.165) is 19.3 Å². The lowest BCUT2D eigenvalue weighted by molar-refractivity contribution is -0.138. The first kappa shape index (κ1) is 10.6. The maximum atomic E-state index is 13.4. The monoisotopic (exact) mass is 213 g/mol. The Morgan fingerprint density at radius 3 is 2.53 bits per heavy atom. The second-order valence-corrected chi connectivity index (χ2v) is 4.56. The summed E-state index contributed by atoms with van der Waals surface area (Å²) in [6.45, 7) is 0. The smallest absolute Gasteiger partial charge is 0.224 e. The molecule has 0 heterocycles. The van der Waals surface area contributed by atoms with Crippen LogP contribution >= 0.6 is 0 Å². The third kappa shape index (κ3) is 2.36. The number of rotatable bonds is 2. The van der Waals surface area contributed by atoms with Gasteiger partial charge in [0, 0.05) is 12.8 Å². The molecule has 3 nitrogen and oxygen atoms in total. The Labute approximate surface area is 88.4 Å². The van der Waals surface area contributed by atoms with Gasteiger partial charge >= 0.3 is 0 Å². The van der Waals surface area contributed by atoms with Gasteiger partial charge in [-0.3, -0.25) is 9.59 Å². The van der Waals surface area contributed by atoms with E-state index >= 15 is 0 Å². The molecule has 0 spiro atoms. The highest BCUT2D eigenvalue weighted by molar-refractivity contribution is 5.96. The minimum absolute atomic E-state index is 0.135. The van der Waals surface area contributed by atoms with Crippen LogP contribution in [0.3, 0.4) is 0 Å². The van der Waals surface area contributed by atoms with E-state index in [0.29, 0.717) is 19.3 Å². The third-order valence-electron chi connectivity index (χ3n) is 3.33. The van der Waals surface area contributed by atoms with E-state index in [1.165, 1.54) is 0 Å². The number of carbonyl (C=O) groups is 2. The van der Waals surface area contributed by atoms with Crippen LogP contribution in [0.25, 0.3) is 0 Å². The molecule has 1 amide bonds. The molecule has 2 fully saturated rings. The summed E-state index contributed by atoms with van der Waals surface area (Å²) in [5.74, 6) is -0.189. The average Bonchev–Trinajstić information content (AvgIpc) is 2.17. The van der Waals surface area contributed by atoms with Gasteiger partial charge in [-0.05, 0) is 12.8 Å². The molecule has 0 aromatic rings. The first-order chi connectivity index (χ1) is 7.16. The zero-order chi connectivity index (χ0) is 10.8. The lowest BCUT2D eigenvalue weighted by Crippen LogP contribution is -2.48. The van der Waals surface area contributed by atoms with Crippen molar-refractivity contribution in [3.8, 4) is 0 Å². The first-order valence-electron chi connectivity index (χ1n) is 5.63. The second kappa shape index (κ2) is 4.29. The lowest BCUT2D eigenvalue weighted by atomic mass is 9.82. The van der Waals surface area contributed by atoms with Gasteiger partial charge in [-0.1, -0.05) is 12.8 Å². The highest BCUT2D eigenvalue weighted by Gasteiger charge is 2.35. The van der Waals surface area contributed by atoms with E-state index < -0.39 is 6.17 Å². The number of alkyl halides is 1. The van der Waals surface area contributed by atoms with E-state index in [4.69, 9.17) is 0 Å². The van der Waals surface area contributed by atoms with Gasteiger partial charge in [0.05, 0.1) is 12.0 Å². The van der Waals surface area contributed by atoms with Crippen LogP contribution in [0.5, 0.6) is 0 Å². The number of ketones is 1. The van der Waals surface area contributed by atoms with Crippen molar-refractivity contribution in [2.24, 2.45) is 5.92 Å². The molecule has 2 aliphatic carbocycles. The molecule has 2 rings (SSSR count). The summed E-state index contributed by atoms with van der Waals surface area (Å²) in [4.78, 5) is 22.3. The van der Waals surface area contributed by atoms with Crippen molar-refractivity contribution in [1.29, 1.82) is 0 Å². The van der Waals surface area contributed by atoms with E-state index in [2.05, 4.69) is 5.32 Å². The highest BCUT2D eigenvalue weighted by Crippen LogP contribution is 2.25. The maximum absolute atomic E-state index is 13.4. The molecule has 2 aliphatic rings. The molecule has 0 bridgehead atoms. The van der Waals surface area contributed by atoms with Crippen molar-refractivity contribution in [2.45, 2.75) is 50.7 Å². The van der Waals surface area contributed by atoms with Crippen LogP contribution in [0.4, 0.5) is 4.39 Å².